The van der Waals surface area contributed by atoms with Crippen LogP contribution in [0.25, 0.3) is 0 Å². The molecule has 1 aromatic rings. The molecular formula is C21H29N5O2. The SMILES string of the molecule is CC1CCCN(C2=NC3C(C(=O)NC(=O)N3C)N2CCCc2ccccc2)C1. The van der Waals surface area contributed by atoms with Gasteiger partial charge < -0.3 is 14.7 Å². The summed E-state index contributed by atoms with van der Waals surface area (Å²) in [5.74, 6) is 1.25. The molecule has 3 unspecified atom stereocenters. The van der Waals surface area contributed by atoms with Gasteiger partial charge in [0.2, 0.25) is 0 Å². The first-order chi connectivity index (χ1) is 13.5. The van der Waals surface area contributed by atoms with E-state index in [9.17, 15) is 9.59 Å². The Hall–Kier alpha value is -2.57. The minimum atomic E-state index is -0.440. The maximum absolute atomic E-state index is 12.7. The lowest BCUT2D eigenvalue weighted by Crippen LogP contribution is -2.64. The zero-order chi connectivity index (χ0) is 19.7. The molecule has 2 saturated heterocycles. The number of nitrogens with zero attached hydrogens (tertiary/aromatic N) is 4. The predicted octanol–water partition coefficient (Wildman–Crippen LogP) is 1.90. The molecule has 3 aliphatic heterocycles. The van der Waals surface area contributed by atoms with E-state index < -0.39 is 12.2 Å². The molecule has 3 heterocycles. The number of hydrogen-bond donors (Lipinski definition) is 1. The monoisotopic (exact) mass is 383 g/mol. The van der Waals surface area contributed by atoms with Gasteiger partial charge in [0.1, 0.15) is 0 Å². The number of aliphatic imine (C=N–C) groups is 1. The molecule has 3 amide bonds. The van der Waals surface area contributed by atoms with Gasteiger partial charge in [0.05, 0.1) is 0 Å². The van der Waals surface area contributed by atoms with Crippen LogP contribution in [0, 0.1) is 5.92 Å². The number of carbonyl (C=O) groups is 2. The van der Waals surface area contributed by atoms with Crippen LogP contribution in [0.15, 0.2) is 35.3 Å². The van der Waals surface area contributed by atoms with E-state index in [1.165, 1.54) is 12.0 Å². The molecule has 0 saturated carbocycles. The lowest BCUT2D eigenvalue weighted by molar-refractivity contribution is -0.127. The van der Waals surface area contributed by atoms with Crippen molar-refractivity contribution in [3.8, 4) is 0 Å². The maximum atomic E-state index is 12.7. The summed E-state index contributed by atoms with van der Waals surface area (Å²) in [5.41, 5.74) is 1.30. The lowest BCUT2D eigenvalue weighted by Gasteiger charge is -2.39. The number of carbonyl (C=O) groups excluding carboxylic acids is 2. The van der Waals surface area contributed by atoms with Gasteiger partial charge in [-0.1, -0.05) is 37.3 Å². The van der Waals surface area contributed by atoms with Crippen molar-refractivity contribution >= 4 is 17.9 Å². The average molecular weight is 383 g/mol. The molecule has 0 aromatic heterocycles. The van der Waals surface area contributed by atoms with Crippen LogP contribution >= 0.6 is 0 Å². The second-order valence-electron chi connectivity index (χ2n) is 8.17. The van der Waals surface area contributed by atoms with Crippen LogP contribution in [0.5, 0.6) is 0 Å². The second-order valence-corrected chi connectivity index (χ2v) is 8.17. The van der Waals surface area contributed by atoms with E-state index in [4.69, 9.17) is 4.99 Å². The summed E-state index contributed by atoms with van der Waals surface area (Å²) in [4.78, 5) is 35.6. The third kappa shape index (κ3) is 3.57. The standard InChI is InChI=1S/C21H29N5O2/c1-15-8-6-12-25(14-15)20-22-18-17(19(27)23-21(28)24(18)2)26(20)13-7-11-16-9-4-3-5-10-16/h3-5,9-10,15,17-18H,6-8,11-14H2,1-2H3,(H,23,27,28). The molecule has 7 heteroatoms. The number of benzene rings is 1. The summed E-state index contributed by atoms with van der Waals surface area (Å²) < 4.78 is 0. The molecule has 150 valence electrons. The number of imide groups is 1. The fourth-order valence-electron chi connectivity index (χ4n) is 4.48. The molecule has 0 bridgehead atoms. The summed E-state index contributed by atoms with van der Waals surface area (Å²) in [6.07, 6.45) is 3.80. The first-order valence-electron chi connectivity index (χ1n) is 10.3. The van der Waals surface area contributed by atoms with Gasteiger partial charge in [0, 0.05) is 26.7 Å². The first kappa shape index (κ1) is 18.8. The van der Waals surface area contributed by atoms with Crippen LogP contribution in [0.3, 0.4) is 0 Å². The van der Waals surface area contributed by atoms with Gasteiger partial charge >= 0.3 is 6.03 Å². The summed E-state index contributed by atoms with van der Waals surface area (Å²) in [6, 6.07) is 9.59. The number of likely N-dealkylation sites (tertiary alicyclic amines) is 1. The number of urea groups is 1. The molecule has 1 aromatic carbocycles. The Morgan fingerprint density at radius 1 is 1.21 bits per heavy atom. The van der Waals surface area contributed by atoms with Crippen LogP contribution in [0.4, 0.5) is 4.79 Å². The molecule has 0 spiro atoms. The summed E-state index contributed by atoms with van der Waals surface area (Å²) in [6.45, 7) is 4.91. The third-order valence-electron chi connectivity index (χ3n) is 5.99. The van der Waals surface area contributed by atoms with E-state index in [0.717, 1.165) is 44.9 Å². The first-order valence-corrected chi connectivity index (χ1v) is 10.3. The molecule has 3 aliphatic rings. The van der Waals surface area contributed by atoms with E-state index >= 15 is 0 Å². The zero-order valence-electron chi connectivity index (χ0n) is 16.7. The maximum Gasteiger partial charge on any atom is 0.325 e. The molecule has 2 fully saturated rings. The number of aryl methyl sites for hydroxylation is 1. The van der Waals surface area contributed by atoms with E-state index in [1.54, 1.807) is 11.9 Å². The Labute approximate surface area is 166 Å². The van der Waals surface area contributed by atoms with Gasteiger partial charge in [-0.05, 0) is 37.2 Å². The predicted molar refractivity (Wildman–Crippen MR) is 108 cm³/mol. The van der Waals surface area contributed by atoms with Crippen molar-refractivity contribution in [2.45, 2.75) is 44.8 Å². The van der Waals surface area contributed by atoms with Crippen molar-refractivity contribution < 1.29 is 9.59 Å². The Morgan fingerprint density at radius 3 is 2.75 bits per heavy atom. The van der Waals surface area contributed by atoms with Crippen molar-refractivity contribution in [2.24, 2.45) is 10.9 Å². The minimum Gasteiger partial charge on any atom is -0.342 e. The highest BCUT2D eigenvalue weighted by Gasteiger charge is 2.49. The van der Waals surface area contributed by atoms with Gasteiger partial charge in [0.25, 0.3) is 5.91 Å². The summed E-state index contributed by atoms with van der Waals surface area (Å²) in [7, 11) is 1.72. The number of hydrogen-bond acceptors (Lipinski definition) is 5. The Bertz CT molecular complexity index is 765. The van der Waals surface area contributed by atoms with Crippen molar-refractivity contribution in [1.29, 1.82) is 0 Å². The van der Waals surface area contributed by atoms with Crippen molar-refractivity contribution in [2.75, 3.05) is 26.7 Å². The molecule has 0 aliphatic carbocycles. The number of nitrogens with one attached hydrogen (secondary N) is 1. The number of guanidine groups is 1. The number of likely N-dealkylation sites (N-methyl/N-ethyl adjacent to an activating group) is 1. The molecule has 28 heavy (non-hydrogen) atoms. The Kier molecular flexibility index (Phi) is 5.24. The average Bonchev–Trinajstić information content (AvgIpc) is 3.07. The van der Waals surface area contributed by atoms with Gasteiger partial charge in [0.15, 0.2) is 18.2 Å². The molecule has 0 radical (unpaired) electrons. The molecule has 7 nitrogen and oxygen atoms in total. The number of piperidine rings is 1. The molecular weight excluding hydrogens is 354 g/mol. The smallest absolute Gasteiger partial charge is 0.325 e. The van der Waals surface area contributed by atoms with E-state index in [0.29, 0.717) is 5.92 Å². The van der Waals surface area contributed by atoms with Crippen LogP contribution in [-0.2, 0) is 11.2 Å². The zero-order valence-corrected chi connectivity index (χ0v) is 16.7. The largest absolute Gasteiger partial charge is 0.342 e. The van der Waals surface area contributed by atoms with Gasteiger partial charge in [-0.2, -0.15) is 0 Å². The van der Waals surface area contributed by atoms with Gasteiger partial charge in [-0.25, -0.2) is 9.79 Å². The van der Waals surface area contributed by atoms with Crippen LogP contribution < -0.4 is 5.32 Å². The lowest BCUT2D eigenvalue weighted by atomic mass is 10.0. The van der Waals surface area contributed by atoms with Crippen LogP contribution in [0.1, 0.15) is 31.7 Å². The highest BCUT2D eigenvalue weighted by Crippen LogP contribution is 2.28. The van der Waals surface area contributed by atoms with Crippen molar-refractivity contribution in [3.05, 3.63) is 35.9 Å². The molecule has 1 N–H and O–H groups in total. The van der Waals surface area contributed by atoms with Crippen LogP contribution in [0.2, 0.25) is 0 Å². The fraction of sp³-hybridized carbons (Fsp3) is 0.571. The van der Waals surface area contributed by atoms with Crippen molar-refractivity contribution in [1.82, 2.24) is 20.0 Å². The van der Waals surface area contributed by atoms with Crippen molar-refractivity contribution in [3.63, 3.8) is 0 Å². The van der Waals surface area contributed by atoms with E-state index in [2.05, 4.69) is 46.3 Å². The third-order valence-corrected chi connectivity index (χ3v) is 5.99. The van der Waals surface area contributed by atoms with E-state index in [1.807, 2.05) is 6.07 Å². The highest BCUT2D eigenvalue weighted by atomic mass is 16.2. The number of amides is 3. The van der Waals surface area contributed by atoms with Gasteiger partial charge in [-0.3, -0.25) is 10.1 Å². The van der Waals surface area contributed by atoms with E-state index in [-0.39, 0.29) is 11.9 Å². The fourth-order valence-corrected chi connectivity index (χ4v) is 4.48. The minimum absolute atomic E-state index is 0.239. The number of fused-ring (bicyclic) bond motifs is 1. The normalized spacial score (nSPS) is 27.6. The number of rotatable bonds is 4. The summed E-state index contributed by atoms with van der Waals surface area (Å²) in [5, 5.41) is 2.49. The Morgan fingerprint density at radius 2 is 2.00 bits per heavy atom. The molecule has 3 atom stereocenters. The highest BCUT2D eigenvalue weighted by molar-refractivity contribution is 6.03. The van der Waals surface area contributed by atoms with Crippen LogP contribution in [-0.4, -0.2) is 71.5 Å². The van der Waals surface area contributed by atoms with Gasteiger partial charge in [-0.15, -0.1) is 0 Å². The Balaban J connectivity index is 1.54. The second kappa shape index (κ2) is 7.81. The summed E-state index contributed by atoms with van der Waals surface area (Å²) >= 11 is 0. The molecule has 4 rings (SSSR count). The quantitative estimate of drug-likeness (QED) is 0.862. The topological polar surface area (TPSA) is 68.2 Å².